The van der Waals surface area contributed by atoms with E-state index in [9.17, 15) is 4.79 Å². The molecule has 2 aliphatic rings. The van der Waals surface area contributed by atoms with Gasteiger partial charge in [0.05, 0.1) is 5.92 Å². The van der Waals surface area contributed by atoms with Gasteiger partial charge in [-0.25, -0.2) is 0 Å². The molecule has 86 valence electrons. The summed E-state index contributed by atoms with van der Waals surface area (Å²) >= 11 is 0. The molecule has 2 saturated heterocycles. The fraction of sp³-hybridized carbons (Fsp3) is 0.909. The highest BCUT2D eigenvalue weighted by atomic mass is 16.1. The van der Waals surface area contributed by atoms with Crippen LogP contribution in [0.1, 0.15) is 19.3 Å². The Morgan fingerprint density at radius 2 is 2.07 bits per heavy atom. The van der Waals surface area contributed by atoms with Gasteiger partial charge < -0.3 is 10.6 Å². The topological polar surface area (TPSA) is 44.4 Å². The van der Waals surface area contributed by atoms with Crippen molar-refractivity contribution in [3.63, 3.8) is 0 Å². The van der Waals surface area contributed by atoms with Crippen molar-refractivity contribution in [2.24, 2.45) is 5.92 Å². The quantitative estimate of drug-likeness (QED) is 0.665. The summed E-state index contributed by atoms with van der Waals surface area (Å²) in [6.07, 6.45) is 3.50. The van der Waals surface area contributed by atoms with Gasteiger partial charge in [-0.05, 0) is 38.9 Å². The van der Waals surface area contributed by atoms with Crippen molar-refractivity contribution in [3.8, 4) is 0 Å². The maximum absolute atomic E-state index is 11.5. The van der Waals surface area contributed by atoms with Crippen LogP contribution in [0.3, 0.4) is 0 Å². The number of rotatable bonds is 2. The molecule has 1 amide bonds. The van der Waals surface area contributed by atoms with Crippen molar-refractivity contribution in [1.29, 1.82) is 0 Å². The predicted molar refractivity (Wildman–Crippen MR) is 59.6 cm³/mol. The second-order valence-corrected chi connectivity index (χ2v) is 4.58. The van der Waals surface area contributed by atoms with Crippen LogP contribution in [0.2, 0.25) is 0 Å². The van der Waals surface area contributed by atoms with Gasteiger partial charge in [-0.15, -0.1) is 0 Å². The Morgan fingerprint density at radius 3 is 2.73 bits per heavy atom. The third kappa shape index (κ3) is 2.49. The SMILES string of the molecule is CNC(=O)[C@@H]1CCN(C2CCNCC2)C1. The molecule has 2 fully saturated rings. The minimum atomic E-state index is 0.214. The lowest BCUT2D eigenvalue weighted by molar-refractivity contribution is -0.124. The first-order chi connectivity index (χ1) is 7.31. The fourth-order valence-electron chi connectivity index (χ4n) is 2.71. The first-order valence-electron chi connectivity index (χ1n) is 5.97. The van der Waals surface area contributed by atoms with Crippen LogP contribution in [0.4, 0.5) is 0 Å². The molecule has 2 aliphatic heterocycles. The normalized spacial score (nSPS) is 29.3. The second kappa shape index (κ2) is 4.94. The van der Waals surface area contributed by atoms with Crippen molar-refractivity contribution >= 4 is 5.91 Å². The number of nitrogens with one attached hydrogen (secondary N) is 2. The molecule has 0 unspecified atom stereocenters. The van der Waals surface area contributed by atoms with E-state index >= 15 is 0 Å². The molecule has 2 rings (SSSR count). The van der Waals surface area contributed by atoms with Crippen molar-refractivity contribution in [2.45, 2.75) is 25.3 Å². The van der Waals surface area contributed by atoms with Crippen LogP contribution in [0.25, 0.3) is 0 Å². The van der Waals surface area contributed by atoms with Gasteiger partial charge in [-0.1, -0.05) is 0 Å². The Hall–Kier alpha value is -0.610. The van der Waals surface area contributed by atoms with Gasteiger partial charge in [0.25, 0.3) is 0 Å². The molecule has 0 aromatic heterocycles. The number of carbonyl (C=O) groups excluding carboxylic acids is 1. The van der Waals surface area contributed by atoms with Crippen LogP contribution in [-0.2, 0) is 4.79 Å². The van der Waals surface area contributed by atoms with Crippen molar-refractivity contribution in [3.05, 3.63) is 0 Å². The van der Waals surface area contributed by atoms with Crippen LogP contribution in [-0.4, -0.2) is 50.1 Å². The molecule has 15 heavy (non-hydrogen) atoms. The Morgan fingerprint density at radius 1 is 1.33 bits per heavy atom. The molecular formula is C11H21N3O. The lowest BCUT2D eigenvalue weighted by atomic mass is 10.1. The molecule has 0 saturated carbocycles. The molecule has 4 heteroatoms. The Balaban J connectivity index is 1.83. The summed E-state index contributed by atoms with van der Waals surface area (Å²) in [5.41, 5.74) is 0. The van der Waals surface area contributed by atoms with Gasteiger partial charge in [0.2, 0.25) is 5.91 Å². The van der Waals surface area contributed by atoms with E-state index in [0.29, 0.717) is 6.04 Å². The van der Waals surface area contributed by atoms with Gasteiger partial charge in [-0.3, -0.25) is 9.69 Å². The zero-order chi connectivity index (χ0) is 10.7. The average molecular weight is 211 g/mol. The van der Waals surface area contributed by atoms with E-state index in [-0.39, 0.29) is 11.8 Å². The highest BCUT2D eigenvalue weighted by molar-refractivity contribution is 5.78. The van der Waals surface area contributed by atoms with Gasteiger partial charge >= 0.3 is 0 Å². The molecule has 0 aromatic rings. The first kappa shape index (κ1) is 10.9. The maximum Gasteiger partial charge on any atom is 0.224 e. The summed E-state index contributed by atoms with van der Waals surface area (Å²) in [4.78, 5) is 14.0. The summed E-state index contributed by atoms with van der Waals surface area (Å²) in [6, 6.07) is 0.709. The van der Waals surface area contributed by atoms with Crippen LogP contribution in [0.15, 0.2) is 0 Å². The van der Waals surface area contributed by atoms with E-state index in [1.165, 1.54) is 12.8 Å². The first-order valence-corrected chi connectivity index (χ1v) is 5.97. The number of hydrogen-bond acceptors (Lipinski definition) is 3. The third-order valence-electron chi connectivity index (χ3n) is 3.66. The zero-order valence-corrected chi connectivity index (χ0v) is 9.46. The highest BCUT2D eigenvalue weighted by Crippen LogP contribution is 2.22. The van der Waals surface area contributed by atoms with E-state index in [1.54, 1.807) is 7.05 Å². The van der Waals surface area contributed by atoms with E-state index in [4.69, 9.17) is 0 Å². The highest BCUT2D eigenvalue weighted by Gasteiger charge is 2.32. The van der Waals surface area contributed by atoms with Crippen molar-refractivity contribution in [2.75, 3.05) is 33.2 Å². The average Bonchev–Trinajstić information content (AvgIpc) is 2.78. The number of nitrogens with zero attached hydrogens (tertiary/aromatic N) is 1. The molecule has 0 aliphatic carbocycles. The summed E-state index contributed by atoms with van der Waals surface area (Å²) in [5.74, 6) is 0.441. The lowest BCUT2D eigenvalue weighted by Crippen LogP contribution is -2.42. The summed E-state index contributed by atoms with van der Waals surface area (Å²) in [5, 5.41) is 6.13. The van der Waals surface area contributed by atoms with Gasteiger partial charge in [0.15, 0.2) is 0 Å². The molecule has 2 N–H and O–H groups in total. The van der Waals surface area contributed by atoms with Crippen LogP contribution >= 0.6 is 0 Å². The number of hydrogen-bond donors (Lipinski definition) is 2. The molecule has 0 radical (unpaired) electrons. The third-order valence-corrected chi connectivity index (χ3v) is 3.66. The Kier molecular flexibility index (Phi) is 3.59. The van der Waals surface area contributed by atoms with Gasteiger partial charge in [0.1, 0.15) is 0 Å². The second-order valence-electron chi connectivity index (χ2n) is 4.58. The molecule has 0 bridgehead atoms. The minimum absolute atomic E-state index is 0.214. The van der Waals surface area contributed by atoms with E-state index in [2.05, 4.69) is 15.5 Å². The monoisotopic (exact) mass is 211 g/mol. The van der Waals surface area contributed by atoms with Crippen LogP contribution < -0.4 is 10.6 Å². The number of carbonyl (C=O) groups is 1. The number of amides is 1. The summed E-state index contributed by atoms with van der Waals surface area (Å²) < 4.78 is 0. The van der Waals surface area contributed by atoms with E-state index in [0.717, 1.165) is 32.6 Å². The zero-order valence-electron chi connectivity index (χ0n) is 9.46. The molecular weight excluding hydrogens is 190 g/mol. The van der Waals surface area contributed by atoms with Crippen molar-refractivity contribution < 1.29 is 4.79 Å². The molecule has 2 heterocycles. The minimum Gasteiger partial charge on any atom is -0.359 e. The summed E-state index contributed by atoms with van der Waals surface area (Å²) in [6.45, 7) is 4.32. The smallest absolute Gasteiger partial charge is 0.224 e. The Labute approximate surface area is 91.4 Å². The van der Waals surface area contributed by atoms with Gasteiger partial charge in [0, 0.05) is 19.6 Å². The molecule has 4 nitrogen and oxygen atoms in total. The molecule has 0 aromatic carbocycles. The lowest BCUT2D eigenvalue weighted by Gasteiger charge is -2.31. The van der Waals surface area contributed by atoms with E-state index < -0.39 is 0 Å². The predicted octanol–water partition coefficient (Wildman–Crippen LogP) is -0.194. The van der Waals surface area contributed by atoms with Crippen molar-refractivity contribution in [1.82, 2.24) is 15.5 Å². The summed E-state index contributed by atoms with van der Waals surface area (Å²) in [7, 11) is 1.73. The Bertz CT molecular complexity index is 226. The van der Waals surface area contributed by atoms with Crippen LogP contribution in [0, 0.1) is 5.92 Å². The fourth-order valence-corrected chi connectivity index (χ4v) is 2.71. The number of piperidine rings is 1. The van der Waals surface area contributed by atoms with Gasteiger partial charge in [-0.2, -0.15) is 0 Å². The molecule has 0 spiro atoms. The standard InChI is InChI=1S/C11H21N3O/c1-12-11(15)9-4-7-14(8-9)10-2-5-13-6-3-10/h9-10,13H,2-8H2,1H3,(H,12,15)/t9-/m1/s1. The van der Waals surface area contributed by atoms with Crippen LogP contribution in [0.5, 0.6) is 0 Å². The largest absolute Gasteiger partial charge is 0.359 e. The maximum atomic E-state index is 11.5. The van der Waals surface area contributed by atoms with E-state index in [1.807, 2.05) is 0 Å². The molecule has 1 atom stereocenters. The number of likely N-dealkylation sites (tertiary alicyclic amines) is 1.